The van der Waals surface area contributed by atoms with E-state index in [0.29, 0.717) is 0 Å². The van der Waals surface area contributed by atoms with Gasteiger partial charge in [-0.05, 0) is 42.2 Å². The Kier molecular flexibility index (Phi) is 5.51. The third kappa shape index (κ3) is 4.34. The van der Waals surface area contributed by atoms with Crippen LogP contribution < -0.4 is 0 Å². The fourth-order valence-electron chi connectivity index (χ4n) is 2.10. The van der Waals surface area contributed by atoms with E-state index in [0.717, 1.165) is 17.8 Å². The molecule has 0 N–H and O–H groups in total. The van der Waals surface area contributed by atoms with Crippen molar-refractivity contribution in [2.45, 2.75) is 47.0 Å². The van der Waals surface area contributed by atoms with Crippen LogP contribution in [0.2, 0.25) is 0 Å². The van der Waals surface area contributed by atoms with E-state index >= 15 is 0 Å². The van der Waals surface area contributed by atoms with Gasteiger partial charge in [0, 0.05) is 12.4 Å². The van der Waals surface area contributed by atoms with E-state index in [1.807, 2.05) is 18.5 Å². The summed E-state index contributed by atoms with van der Waals surface area (Å²) in [7, 11) is 0. The molecule has 1 heterocycles. The molecule has 2 unspecified atom stereocenters. The lowest BCUT2D eigenvalue weighted by atomic mass is 9.82. The Labute approximate surface area is 100 Å². The summed E-state index contributed by atoms with van der Waals surface area (Å²) < 4.78 is 0. The number of nitrogens with zero attached hydrogens (tertiary/aromatic N) is 1. The van der Waals surface area contributed by atoms with Gasteiger partial charge in [0.15, 0.2) is 0 Å². The van der Waals surface area contributed by atoms with Gasteiger partial charge < -0.3 is 0 Å². The van der Waals surface area contributed by atoms with Crippen molar-refractivity contribution in [3.05, 3.63) is 30.1 Å². The fraction of sp³-hybridized carbons (Fsp3) is 0.667. The highest BCUT2D eigenvalue weighted by Crippen LogP contribution is 2.25. The van der Waals surface area contributed by atoms with Crippen molar-refractivity contribution in [2.24, 2.45) is 17.8 Å². The van der Waals surface area contributed by atoms with Crippen molar-refractivity contribution in [1.29, 1.82) is 0 Å². The van der Waals surface area contributed by atoms with Crippen LogP contribution in [0, 0.1) is 17.8 Å². The summed E-state index contributed by atoms with van der Waals surface area (Å²) in [6, 6.07) is 4.23. The first-order chi connectivity index (χ1) is 7.63. The quantitative estimate of drug-likeness (QED) is 0.694. The molecule has 0 aliphatic heterocycles. The van der Waals surface area contributed by atoms with Crippen molar-refractivity contribution in [1.82, 2.24) is 4.98 Å². The zero-order valence-electron chi connectivity index (χ0n) is 11.1. The molecule has 16 heavy (non-hydrogen) atoms. The monoisotopic (exact) mass is 219 g/mol. The van der Waals surface area contributed by atoms with Crippen LogP contribution in [0.3, 0.4) is 0 Å². The van der Waals surface area contributed by atoms with Gasteiger partial charge in [0.2, 0.25) is 0 Å². The smallest absolute Gasteiger partial charge is 0.0299 e. The van der Waals surface area contributed by atoms with Crippen LogP contribution in [0.5, 0.6) is 0 Å². The Hall–Kier alpha value is -0.850. The molecule has 0 fully saturated rings. The Balaban J connectivity index is 2.58. The molecule has 1 aromatic heterocycles. The van der Waals surface area contributed by atoms with Gasteiger partial charge in [0.05, 0.1) is 0 Å². The lowest BCUT2D eigenvalue weighted by molar-refractivity contribution is 0.301. The predicted molar refractivity (Wildman–Crippen MR) is 70.3 cm³/mol. The molecule has 0 spiro atoms. The summed E-state index contributed by atoms with van der Waals surface area (Å²) in [6.07, 6.45) is 7.66. The summed E-state index contributed by atoms with van der Waals surface area (Å²) in [5.74, 6) is 2.39. The number of aromatic nitrogens is 1. The lowest BCUT2D eigenvalue weighted by Crippen LogP contribution is -2.15. The summed E-state index contributed by atoms with van der Waals surface area (Å²) in [4.78, 5) is 4.20. The van der Waals surface area contributed by atoms with Crippen molar-refractivity contribution in [3.63, 3.8) is 0 Å². The standard InChI is InChI=1S/C15H25N/c1-5-13(4)9-15(12(2)3)10-14-7-6-8-16-11-14/h6-8,11-13,15H,5,9-10H2,1-4H3. The summed E-state index contributed by atoms with van der Waals surface area (Å²) in [5.41, 5.74) is 1.38. The van der Waals surface area contributed by atoms with Crippen LogP contribution in [0.1, 0.15) is 46.1 Å². The maximum absolute atomic E-state index is 4.20. The van der Waals surface area contributed by atoms with Crippen LogP contribution in [0.4, 0.5) is 0 Å². The van der Waals surface area contributed by atoms with E-state index < -0.39 is 0 Å². The van der Waals surface area contributed by atoms with Gasteiger partial charge in [-0.2, -0.15) is 0 Å². The molecule has 0 amide bonds. The summed E-state index contributed by atoms with van der Waals surface area (Å²) in [5, 5.41) is 0. The Morgan fingerprint density at radius 2 is 2.00 bits per heavy atom. The second-order valence-corrected chi connectivity index (χ2v) is 5.32. The van der Waals surface area contributed by atoms with Crippen LogP contribution in [0.15, 0.2) is 24.5 Å². The normalized spacial score (nSPS) is 15.1. The number of rotatable bonds is 6. The highest BCUT2D eigenvalue weighted by Gasteiger charge is 2.16. The minimum Gasteiger partial charge on any atom is -0.264 e. The van der Waals surface area contributed by atoms with Gasteiger partial charge in [-0.1, -0.05) is 40.2 Å². The summed E-state index contributed by atoms with van der Waals surface area (Å²) >= 11 is 0. The van der Waals surface area contributed by atoms with Gasteiger partial charge in [-0.25, -0.2) is 0 Å². The van der Waals surface area contributed by atoms with Gasteiger partial charge in [-0.3, -0.25) is 4.98 Å². The Morgan fingerprint density at radius 3 is 2.50 bits per heavy atom. The maximum atomic E-state index is 4.20. The second-order valence-electron chi connectivity index (χ2n) is 5.32. The van der Waals surface area contributed by atoms with Gasteiger partial charge >= 0.3 is 0 Å². The van der Waals surface area contributed by atoms with Crippen LogP contribution in [-0.2, 0) is 6.42 Å². The molecule has 1 nitrogen and oxygen atoms in total. The number of hydrogen-bond donors (Lipinski definition) is 0. The first kappa shape index (κ1) is 13.2. The maximum Gasteiger partial charge on any atom is 0.0299 e. The molecule has 0 aromatic carbocycles. The zero-order valence-corrected chi connectivity index (χ0v) is 11.1. The predicted octanol–water partition coefficient (Wildman–Crippen LogP) is 4.33. The van der Waals surface area contributed by atoms with Crippen molar-refractivity contribution in [2.75, 3.05) is 0 Å². The van der Waals surface area contributed by atoms with Gasteiger partial charge in [0.25, 0.3) is 0 Å². The Bertz CT molecular complexity index is 279. The van der Waals surface area contributed by atoms with Crippen LogP contribution in [-0.4, -0.2) is 4.98 Å². The van der Waals surface area contributed by atoms with E-state index in [1.54, 1.807) is 0 Å². The first-order valence-electron chi connectivity index (χ1n) is 6.52. The average Bonchev–Trinajstić information content (AvgIpc) is 2.29. The molecular weight excluding hydrogens is 194 g/mol. The second kappa shape index (κ2) is 6.67. The third-order valence-electron chi connectivity index (χ3n) is 3.57. The SMILES string of the molecule is CCC(C)CC(Cc1cccnc1)C(C)C. The van der Waals surface area contributed by atoms with E-state index in [9.17, 15) is 0 Å². The number of hydrogen-bond acceptors (Lipinski definition) is 1. The minimum atomic E-state index is 0.759. The molecule has 0 radical (unpaired) electrons. The molecule has 2 atom stereocenters. The Morgan fingerprint density at radius 1 is 1.25 bits per heavy atom. The molecule has 0 saturated carbocycles. The molecule has 1 aromatic rings. The molecule has 0 bridgehead atoms. The lowest BCUT2D eigenvalue weighted by Gasteiger charge is -2.23. The topological polar surface area (TPSA) is 12.9 Å². The molecule has 90 valence electrons. The number of pyridine rings is 1. The fourth-order valence-corrected chi connectivity index (χ4v) is 2.10. The molecule has 1 rings (SSSR count). The molecule has 0 aliphatic rings. The van der Waals surface area contributed by atoms with E-state index in [2.05, 4.69) is 38.7 Å². The van der Waals surface area contributed by atoms with Crippen LogP contribution >= 0.6 is 0 Å². The molecule has 0 aliphatic carbocycles. The van der Waals surface area contributed by atoms with E-state index in [-0.39, 0.29) is 0 Å². The van der Waals surface area contributed by atoms with Crippen molar-refractivity contribution in [3.8, 4) is 0 Å². The van der Waals surface area contributed by atoms with E-state index in [4.69, 9.17) is 0 Å². The first-order valence-corrected chi connectivity index (χ1v) is 6.52. The average molecular weight is 219 g/mol. The zero-order chi connectivity index (χ0) is 12.0. The molecule has 1 heteroatoms. The van der Waals surface area contributed by atoms with Crippen molar-refractivity contribution >= 4 is 0 Å². The third-order valence-corrected chi connectivity index (χ3v) is 3.57. The highest BCUT2D eigenvalue weighted by atomic mass is 14.6. The summed E-state index contributed by atoms with van der Waals surface area (Å²) in [6.45, 7) is 9.32. The van der Waals surface area contributed by atoms with Crippen LogP contribution in [0.25, 0.3) is 0 Å². The van der Waals surface area contributed by atoms with Gasteiger partial charge in [0.1, 0.15) is 0 Å². The largest absolute Gasteiger partial charge is 0.264 e. The van der Waals surface area contributed by atoms with Crippen molar-refractivity contribution < 1.29 is 0 Å². The molecule has 0 saturated heterocycles. The minimum absolute atomic E-state index is 0.759. The molecular formula is C15H25N. The van der Waals surface area contributed by atoms with E-state index in [1.165, 1.54) is 24.8 Å². The van der Waals surface area contributed by atoms with Gasteiger partial charge in [-0.15, -0.1) is 0 Å². The highest BCUT2D eigenvalue weighted by molar-refractivity contribution is 5.09.